The van der Waals surface area contributed by atoms with Crippen LogP contribution >= 0.6 is 0 Å². The summed E-state index contributed by atoms with van der Waals surface area (Å²) < 4.78 is 4.51. The van der Waals surface area contributed by atoms with Crippen LogP contribution in [0.3, 0.4) is 0 Å². The molecule has 0 fully saturated rings. The summed E-state index contributed by atoms with van der Waals surface area (Å²) in [7, 11) is 1.39. The fraction of sp³-hybridized carbons (Fsp3) is 0.636. The zero-order chi connectivity index (χ0) is 11.5. The maximum absolute atomic E-state index is 10.7. The van der Waals surface area contributed by atoms with Crippen LogP contribution in [0.25, 0.3) is 0 Å². The average Bonchev–Trinajstić information content (AvgIpc) is 2.21. The standard InChI is InChI=1S/C11H18O4/c1-15-11(14)9-7-5-3-2-4-6-8-10(12)13/h6,8H,2-5,7,9H2,1H3,(H,12,13). The van der Waals surface area contributed by atoms with E-state index in [0.29, 0.717) is 6.42 Å². The van der Waals surface area contributed by atoms with Crippen molar-refractivity contribution in [3.8, 4) is 0 Å². The Morgan fingerprint density at radius 3 is 2.47 bits per heavy atom. The molecule has 0 aromatic carbocycles. The van der Waals surface area contributed by atoms with Crippen molar-refractivity contribution >= 4 is 11.9 Å². The third-order valence-electron chi connectivity index (χ3n) is 1.99. The molecule has 4 heteroatoms. The molecule has 0 unspecified atom stereocenters. The quantitative estimate of drug-likeness (QED) is 0.382. The van der Waals surface area contributed by atoms with Gasteiger partial charge >= 0.3 is 11.9 Å². The van der Waals surface area contributed by atoms with Gasteiger partial charge in [-0.05, 0) is 19.3 Å². The van der Waals surface area contributed by atoms with Gasteiger partial charge in [-0.2, -0.15) is 0 Å². The smallest absolute Gasteiger partial charge is 0.327 e. The molecule has 0 radical (unpaired) electrons. The van der Waals surface area contributed by atoms with Crippen LogP contribution in [0, 0.1) is 0 Å². The molecule has 15 heavy (non-hydrogen) atoms. The Bertz CT molecular complexity index is 221. The number of carboxylic acid groups (broad SMARTS) is 1. The number of methoxy groups -OCH3 is 1. The molecular weight excluding hydrogens is 196 g/mol. The van der Waals surface area contributed by atoms with Gasteiger partial charge in [0.25, 0.3) is 0 Å². The van der Waals surface area contributed by atoms with Gasteiger partial charge in [-0.25, -0.2) is 4.79 Å². The van der Waals surface area contributed by atoms with Crippen molar-refractivity contribution < 1.29 is 19.4 Å². The van der Waals surface area contributed by atoms with Gasteiger partial charge < -0.3 is 9.84 Å². The lowest BCUT2D eigenvalue weighted by atomic mass is 10.1. The Balaban J connectivity index is 3.18. The molecule has 0 aliphatic carbocycles. The van der Waals surface area contributed by atoms with E-state index in [0.717, 1.165) is 38.2 Å². The lowest BCUT2D eigenvalue weighted by Gasteiger charge is -1.98. The van der Waals surface area contributed by atoms with E-state index >= 15 is 0 Å². The zero-order valence-corrected chi connectivity index (χ0v) is 9.07. The number of allylic oxidation sites excluding steroid dienone is 1. The summed E-state index contributed by atoms with van der Waals surface area (Å²) in [6.07, 6.45) is 7.88. The van der Waals surface area contributed by atoms with Gasteiger partial charge in [0.1, 0.15) is 0 Å². The van der Waals surface area contributed by atoms with E-state index in [4.69, 9.17) is 5.11 Å². The first kappa shape index (κ1) is 13.7. The van der Waals surface area contributed by atoms with Crippen LogP contribution in [0.5, 0.6) is 0 Å². The van der Waals surface area contributed by atoms with Crippen molar-refractivity contribution in [2.45, 2.75) is 38.5 Å². The van der Waals surface area contributed by atoms with Crippen molar-refractivity contribution in [3.63, 3.8) is 0 Å². The molecule has 0 aromatic rings. The number of rotatable bonds is 8. The molecule has 1 N–H and O–H groups in total. The van der Waals surface area contributed by atoms with Crippen molar-refractivity contribution in [1.82, 2.24) is 0 Å². The normalized spacial score (nSPS) is 10.5. The van der Waals surface area contributed by atoms with Crippen molar-refractivity contribution in [1.29, 1.82) is 0 Å². The second kappa shape index (κ2) is 9.24. The van der Waals surface area contributed by atoms with E-state index in [1.54, 1.807) is 6.08 Å². The molecule has 0 amide bonds. The predicted molar refractivity (Wildman–Crippen MR) is 56.5 cm³/mol. The number of unbranched alkanes of at least 4 members (excludes halogenated alkanes) is 4. The first-order valence-corrected chi connectivity index (χ1v) is 5.13. The van der Waals surface area contributed by atoms with Crippen LogP contribution < -0.4 is 0 Å². The maximum atomic E-state index is 10.7. The molecule has 0 aliphatic rings. The van der Waals surface area contributed by atoms with E-state index < -0.39 is 5.97 Å². The monoisotopic (exact) mass is 214 g/mol. The summed E-state index contributed by atoms with van der Waals surface area (Å²) in [5.41, 5.74) is 0. The minimum absolute atomic E-state index is 0.166. The van der Waals surface area contributed by atoms with Gasteiger partial charge in [0, 0.05) is 12.5 Å². The molecule has 0 aliphatic heterocycles. The largest absolute Gasteiger partial charge is 0.478 e. The van der Waals surface area contributed by atoms with Crippen LogP contribution in [-0.2, 0) is 14.3 Å². The van der Waals surface area contributed by atoms with Gasteiger partial charge in [-0.3, -0.25) is 4.79 Å². The Hall–Kier alpha value is -1.32. The van der Waals surface area contributed by atoms with Crippen LogP contribution in [0.4, 0.5) is 0 Å². The zero-order valence-electron chi connectivity index (χ0n) is 9.07. The minimum atomic E-state index is -0.902. The second-order valence-electron chi connectivity index (χ2n) is 3.27. The van der Waals surface area contributed by atoms with Crippen molar-refractivity contribution in [3.05, 3.63) is 12.2 Å². The highest BCUT2D eigenvalue weighted by Crippen LogP contribution is 2.06. The number of carboxylic acids is 1. The summed E-state index contributed by atoms with van der Waals surface area (Å²) in [4.78, 5) is 20.8. The Morgan fingerprint density at radius 2 is 1.87 bits per heavy atom. The SMILES string of the molecule is COC(=O)CCCCCCC=CC(=O)O. The van der Waals surface area contributed by atoms with Gasteiger partial charge in [-0.1, -0.05) is 18.9 Å². The van der Waals surface area contributed by atoms with Crippen LogP contribution in [-0.4, -0.2) is 24.2 Å². The molecular formula is C11H18O4. The summed E-state index contributed by atoms with van der Waals surface area (Å²) in [5.74, 6) is -1.07. The maximum Gasteiger partial charge on any atom is 0.327 e. The molecule has 0 saturated heterocycles. The van der Waals surface area contributed by atoms with Crippen LogP contribution in [0.2, 0.25) is 0 Å². The molecule has 0 rings (SSSR count). The van der Waals surface area contributed by atoms with Crippen LogP contribution in [0.1, 0.15) is 38.5 Å². The number of hydrogen-bond donors (Lipinski definition) is 1. The van der Waals surface area contributed by atoms with Gasteiger partial charge in [0.15, 0.2) is 0 Å². The first-order valence-electron chi connectivity index (χ1n) is 5.13. The second-order valence-corrected chi connectivity index (χ2v) is 3.27. The number of hydrogen-bond acceptors (Lipinski definition) is 3. The summed E-state index contributed by atoms with van der Waals surface area (Å²) in [6, 6.07) is 0. The van der Waals surface area contributed by atoms with Gasteiger partial charge in [0.2, 0.25) is 0 Å². The topological polar surface area (TPSA) is 63.6 Å². The molecule has 86 valence electrons. The van der Waals surface area contributed by atoms with Gasteiger partial charge in [0.05, 0.1) is 7.11 Å². The van der Waals surface area contributed by atoms with E-state index in [1.807, 2.05) is 0 Å². The van der Waals surface area contributed by atoms with Crippen molar-refractivity contribution in [2.75, 3.05) is 7.11 Å². The van der Waals surface area contributed by atoms with Crippen LogP contribution in [0.15, 0.2) is 12.2 Å². The molecule has 4 nitrogen and oxygen atoms in total. The number of ether oxygens (including phenoxy) is 1. The number of carbonyl (C=O) groups is 2. The molecule has 0 bridgehead atoms. The Labute approximate surface area is 89.9 Å². The number of esters is 1. The first-order chi connectivity index (χ1) is 7.16. The minimum Gasteiger partial charge on any atom is -0.478 e. The summed E-state index contributed by atoms with van der Waals surface area (Å²) in [6.45, 7) is 0. The Morgan fingerprint density at radius 1 is 1.20 bits per heavy atom. The third kappa shape index (κ3) is 10.6. The molecule has 0 spiro atoms. The highest BCUT2D eigenvalue weighted by Gasteiger charge is 1.98. The van der Waals surface area contributed by atoms with Crippen molar-refractivity contribution in [2.24, 2.45) is 0 Å². The fourth-order valence-electron chi connectivity index (χ4n) is 1.17. The summed E-state index contributed by atoms with van der Waals surface area (Å²) >= 11 is 0. The molecule has 0 heterocycles. The van der Waals surface area contributed by atoms with E-state index in [2.05, 4.69) is 4.74 Å². The van der Waals surface area contributed by atoms with E-state index in [1.165, 1.54) is 7.11 Å². The Kier molecular flexibility index (Phi) is 8.43. The highest BCUT2D eigenvalue weighted by atomic mass is 16.5. The summed E-state index contributed by atoms with van der Waals surface area (Å²) in [5, 5.41) is 8.30. The molecule has 0 aromatic heterocycles. The average molecular weight is 214 g/mol. The van der Waals surface area contributed by atoms with E-state index in [-0.39, 0.29) is 5.97 Å². The lowest BCUT2D eigenvalue weighted by molar-refractivity contribution is -0.140. The predicted octanol–water partition coefficient (Wildman–Crippen LogP) is 2.14. The van der Waals surface area contributed by atoms with Gasteiger partial charge in [-0.15, -0.1) is 0 Å². The molecule has 0 saturated carbocycles. The third-order valence-corrected chi connectivity index (χ3v) is 1.99. The lowest BCUT2D eigenvalue weighted by Crippen LogP contribution is -1.98. The number of carbonyl (C=O) groups excluding carboxylic acids is 1. The number of aliphatic carboxylic acids is 1. The fourth-order valence-corrected chi connectivity index (χ4v) is 1.17. The highest BCUT2D eigenvalue weighted by molar-refractivity contribution is 5.79. The van der Waals surface area contributed by atoms with E-state index in [9.17, 15) is 9.59 Å². The molecule has 0 atom stereocenters.